The van der Waals surface area contributed by atoms with Crippen LogP contribution in [-0.2, 0) is 0 Å². The van der Waals surface area contributed by atoms with Gasteiger partial charge in [-0.15, -0.1) is 0 Å². The third-order valence-electron chi connectivity index (χ3n) is 3.12. The molecule has 0 saturated heterocycles. The summed E-state index contributed by atoms with van der Waals surface area (Å²) in [5, 5.41) is 3.71. The van der Waals surface area contributed by atoms with Crippen LogP contribution in [0.15, 0.2) is 0 Å². The highest BCUT2D eigenvalue weighted by molar-refractivity contribution is 4.93. The molecule has 0 aliphatic heterocycles. The standard InChI is InChI=1S/C12H25N/c1-5-11-8-12(11)13-10(4)7-6-9(2)3/h9-13H,5-8H2,1-4H3. The Morgan fingerprint density at radius 1 is 1.23 bits per heavy atom. The summed E-state index contributed by atoms with van der Waals surface area (Å²) in [5.74, 6) is 1.84. The summed E-state index contributed by atoms with van der Waals surface area (Å²) in [4.78, 5) is 0. The highest BCUT2D eigenvalue weighted by atomic mass is 15.0. The van der Waals surface area contributed by atoms with Gasteiger partial charge in [0.25, 0.3) is 0 Å². The molecule has 0 aromatic rings. The zero-order valence-corrected chi connectivity index (χ0v) is 9.64. The highest BCUT2D eigenvalue weighted by Crippen LogP contribution is 2.33. The maximum atomic E-state index is 3.71. The fourth-order valence-corrected chi connectivity index (χ4v) is 1.94. The molecule has 3 unspecified atom stereocenters. The Labute approximate surface area is 83.3 Å². The Bertz CT molecular complexity index is 142. The lowest BCUT2D eigenvalue weighted by Crippen LogP contribution is -2.29. The third kappa shape index (κ3) is 4.12. The highest BCUT2D eigenvalue weighted by Gasteiger charge is 2.35. The van der Waals surface area contributed by atoms with Crippen molar-refractivity contribution in [3.05, 3.63) is 0 Å². The minimum Gasteiger partial charge on any atom is -0.311 e. The molecule has 1 heteroatoms. The van der Waals surface area contributed by atoms with Crippen molar-refractivity contribution < 1.29 is 0 Å². The maximum absolute atomic E-state index is 3.71. The van der Waals surface area contributed by atoms with Crippen molar-refractivity contribution in [3.8, 4) is 0 Å². The molecule has 1 nitrogen and oxygen atoms in total. The van der Waals surface area contributed by atoms with Crippen LogP contribution in [0.1, 0.15) is 53.4 Å². The first kappa shape index (κ1) is 11.0. The first-order valence-electron chi connectivity index (χ1n) is 5.89. The van der Waals surface area contributed by atoms with Gasteiger partial charge in [0.15, 0.2) is 0 Å². The molecule has 13 heavy (non-hydrogen) atoms. The molecule has 1 N–H and O–H groups in total. The Kier molecular flexibility index (Phi) is 4.24. The Morgan fingerprint density at radius 3 is 2.38 bits per heavy atom. The van der Waals surface area contributed by atoms with E-state index in [-0.39, 0.29) is 0 Å². The summed E-state index contributed by atoms with van der Waals surface area (Å²) in [6, 6.07) is 1.58. The van der Waals surface area contributed by atoms with Gasteiger partial charge in [0.1, 0.15) is 0 Å². The summed E-state index contributed by atoms with van der Waals surface area (Å²) in [6.07, 6.45) is 5.47. The van der Waals surface area contributed by atoms with Crippen LogP contribution in [0.3, 0.4) is 0 Å². The average Bonchev–Trinajstić information content (AvgIpc) is 2.80. The van der Waals surface area contributed by atoms with Crippen molar-refractivity contribution in [1.82, 2.24) is 5.32 Å². The van der Waals surface area contributed by atoms with Gasteiger partial charge in [-0.25, -0.2) is 0 Å². The molecule has 0 spiro atoms. The van der Waals surface area contributed by atoms with Gasteiger partial charge >= 0.3 is 0 Å². The van der Waals surface area contributed by atoms with E-state index in [4.69, 9.17) is 0 Å². The molecule has 1 fully saturated rings. The summed E-state index contributed by atoms with van der Waals surface area (Å²) in [6.45, 7) is 9.23. The van der Waals surface area contributed by atoms with Gasteiger partial charge in [0.2, 0.25) is 0 Å². The number of nitrogens with one attached hydrogen (secondary N) is 1. The van der Waals surface area contributed by atoms with Crippen LogP contribution in [0.5, 0.6) is 0 Å². The zero-order chi connectivity index (χ0) is 9.84. The van der Waals surface area contributed by atoms with Crippen LogP contribution in [0.2, 0.25) is 0 Å². The van der Waals surface area contributed by atoms with Crippen molar-refractivity contribution in [2.75, 3.05) is 0 Å². The van der Waals surface area contributed by atoms with Crippen LogP contribution in [0.4, 0.5) is 0 Å². The molecule has 0 aromatic carbocycles. The second-order valence-electron chi connectivity index (χ2n) is 5.05. The molecule has 0 amide bonds. The number of hydrogen-bond acceptors (Lipinski definition) is 1. The normalized spacial score (nSPS) is 29.3. The Hall–Kier alpha value is -0.0400. The number of hydrogen-bond donors (Lipinski definition) is 1. The largest absolute Gasteiger partial charge is 0.311 e. The molecule has 3 atom stereocenters. The molecule has 1 rings (SSSR count). The summed E-state index contributed by atoms with van der Waals surface area (Å²) in [5.41, 5.74) is 0. The van der Waals surface area contributed by atoms with Gasteiger partial charge in [0.05, 0.1) is 0 Å². The molecule has 0 heterocycles. The van der Waals surface area contributed by atoms with Gasteiger partial charge < -0.3 is 5.32 Å². The lowest BCUT2D eigenvalue weighted by molar-refractivity contribution is 0.440. The second-order valence-corrected chi connectivity index (χ2v) is 5.05. The lowest BCUT2D eigenvalue weighted by atomic mass is 10.0. The average molecular weight is 183 g/mol. The van der Waals surface area contributed by atoms with Crippen molar-refractivity contribution in [2.24, 2.45) is 11.8 Å². The van der Waals surface area contributed by atoms with Crippen LogP contribution in [0, 0.1) is 11.8 Å². The van der Waals surface area contributed by atoms with E-state index in [1.54, 1.807) is 0 Å². The molecule has 78 valence electrons. The molecular formula is C12H25N. The summed E-state index contributed by atoms with van der Waals surface area (Å²) < 4.78 is 0. The SMILES string of the molecule is CCC1CC1NC(C)CCC(C)C. The predicted molar refractivity (Wildman–Crippen MR) is 58.9 cm³/mol. The third-order valence-corrected chi connectivity index (χ3v) is 3.12. The molecule has 0 radical (unpaired) electrons. The van der Waals surface area contributed by atoms with E-state index in [9.17, 15) is 0 Å². The predicted octanol–water partition coefficient (Wildman–Crippen LogP) is 3.20. The Balaban J connectivity index is 2.02. The van der Waals surface area contributed by atoms with E-state index in [1.165, 1.54) is 25.7 Å². The Morgan fingerprint density at radius 2 is 1.92 bits per heavy atom. The molecule has 0 bridgehead atoms. The zero-order valence-electron chi connectivity index (χ0n) is 9.64. The van der Waals surface area contributed by atoms with E-state index >= 15 is 0 Å². The topological polar surface area (TPSA) is 12.0 Å². The van der Waals surface area contributed by atoms with Gasteiger partial charge in [-0.1, -0.05) is 27.2 Å². The van der Waals surface area contributed by atoms with Crippen molar-refractivity contribution in [1.29, 1.82) is 0 Å². The number of rotatable bonds is 6. The minimum atomic E-state index is 0.726. The smallest absolute Gasteiger partial charge is 0.0101 e. The van der Waals surface area contributed by atoms with Gasteiger partial charge in [-0.3, -0.25) is 0 Å². The van der Waals surface area contributed by atoms with Crippen LogP contribution in [-0.4, -0.2) is 12.1 Å². The van der Waals surface area contributed by atoms with Crippen molar-refractivity contribution in [2.45, 2.75) is 65.5 Å². The van der Waals surface area contributed by atoms with E-state index < -0.39 is 0 Å². The molecule has 1 aliphatic carbocycles. The van der Waals surface area contributed by atoms with Gasteiger partial charge in [-0.2, -0.15) is 0 Å². The van der Waals surface area contributed by atoms with Crippen LogP contribution < -0.4 is 5.32 Å². The minimum absolute atomic E-state index is 0.726. The summed E-state index contributed by atoms with van der Waals surface area (Å²) in [7, 11) is 0. The van der Waals surface area contributed by atoms with E-state index in [0.29, 0.717) is 0 Å². The monoisotopic (exact) mass is 183 g/mol. The van der Waals surface area contributed by atoms with Crippen molar-refractivity contribution >= 4 is 0 Å². The van der Waals surface area contributed by atoms with E-state index in [1.807, 2.05) is 0 Å². The van der Waals surface area contributed by atoms with Crippen molar-refractivity contribution in [3.63, 3.8) is 0 Å². The molecule has 0 aromatic heterocycles. The first-order valence-corrected chi connectivity index (χ1v) is 5.89. The fraction of sp³-hybridized carbons (Fsp3) is 1.00. The fourth-order valence-electron chi connectivity index (χ4n) is 1.94. The van der Waals surface area contributed by atoms with E-state index in [0.717, 1.165) is 23.9 Å². The van der Waals surface area contributed by atoms with Crippen LogP contribution in [0.25, 0.3) is 0 Å². The van der Waals surface area contributed by atoms with E-state index in [2.05, 4.69) is 33.0 Å². The van der Waals surface area contributed by atoms with Crippen LogP contribution >= 0.6 is 0 Å². The molecule has 1 aliphatic rings. The quantitative estimate of drug-likeness (QED) is 0.667. The second kappa shape index (κ2) is 4.99. The van der Waals surface area contributed by atoms with Gasteiger partial charge in [0, 0.05) is 12.1 Å². The maximum Gasteiger partial charge on any atom is 0.0101 e. The molecular weight excluding hydrogens is 158 g/mol. The van der Waals surface area contributed by atoms with Gasteiger partial charge in [-0.05, 0) is 38.0 Å². The first-order chi connectivity index (χ1) is 6.13. The molecule has 1 saturated carbocycles. The lowest BCUT2D eigenvalue weighted by Gasteiger charge is -2.14. The summed E-state index contributed by atoms with van der Waals surface area (Å²) >= 11 is 0.